The van der Waals surface area contributed by atoms with Crippen molar-refractivity contribution in [3.05, 3.63) is 48.0 Å². The van der Waals surface area contributed by atoms with Gasteiger partial charge in [0.2, 0.25) is 5.91 Å². The lowest BCUT2D eigenvalue weighted by Gasteiger charge is -2.29. The number of benzene rings is 2. The van der Waals surface area contributed by atoms with Crippen LogP contribution in [-0.4, -0.2) is 18.0 Å². The van der Waals surface area contributed by atoms with Crippen LogP contribution in [0.2, 0.25) is 0 Å². The number of rotatable bonds is 4. The molecule has 3 nitrogen and oxygen atoms in total. The lowest BCUT2D eigenvalue weighted by molar-refractivity contribution is -0.127. The summed E-state index contributed by atoms with van der Waals surface area (Å²) in [5, 5.41) is 9.05. The van der Waals surface area contributed by atoms with Gasteiger partial charge < -0.3 is 10.6 Å². The Labute approximate surface area is 144 Å². The zero-order chi connectivity index (χ0) is 15.6. The quantitative estimate of drug-likeness (QED) is 0.889. The molecule has 0 saturated carbocycles. The van der Waals surface area contributed by atoms with Crippen LogP contribution in [-0.2, 0) is 4.79 Å². The molecule has 2 N–H and O–H groups in total. The van der Waals surface area contributed by atoms with Gasteiger partial charge in [0.05, 0.1) is 11.6 Å². The van der Waals surface area contributed by atoms with Crippen LogP contribution < -0.4 is 10.6 Å². The summed E-state index contributed by atoms with van der Waals surface area (Å²) in [7, 11) is 0. The molecule has 1 amide bonds. The summed E-state index contributed by atoms with van der Waals surface area (Å²) in [6.45, 7) is 5.09. The summed E-state index contributed by atoms with van der Waals surface area (Å²) >= 11 is 0. The van der Waals surface area contributed by atoms with E-state index in [-0.39, 0.29) is 29.9 Å². The van der Waals surface area contributed by atoms with Crippen molar-refractivity contribution in [3.63, 3.8) is 0 Å². The Balaban J connectivity index is 0.00000192. The first-order valence-corrected chi connectivity index (χ1v) is 8.20. The molecule has 0 aliphatic carbocycles. The normalized spacial score (nSPS) is 21.7. The molecule has 2 aromatic rings. The van der Waals surface area contributed by atoms with Crippen molar-refractivity contribution >= 4 is 29.1 Å². The molecular formula is C19H25ClN2O. The Kier molecular flexibility index (Phi) is 5.66. The van der Waals surface area contributed by atoms with Gasteiger partial charge in [0.1, 0.15) is 0 Å². The average molecular weight is 333 g/mol. The largest absolute Gasteiger partial charge is 0.348 e. The van der Waals surface area contributed by atoms with E-state index in [1.807, 2.05) is 12.1 Å². The molecule has 124 valence electrons. The summed E-state index contributed by atoms with van der Waals surface area (Å²) in [4.78, 5) is 12.7. The van der Waals surface area contributed by atoms with Crippen molar-refractivity contribution in [1.29, 1.82) is 0 Å². The molecule has 0 radical (unpaired) electrons. The van der Waals surface area contributed by atoms with E-state index in [4.69, 9.17) is 0 Å². The van der Waals surface area contributed by atoms with Gasteiger partial charge in [-0.15, -0.1) is 12.4 Å². The maximum absolute atomic E-state index is 12.7. The van der Waals surface area contributed by atoms with Crippen LogP contribution in [0.5, 0.6) is 0 Å². The van der Waals surface area contributed by atoms with E-state index in [2.05, 4.69) is 54.8 Å². The standard InChI is InChI=1S/C19H24N2O.ClH/c1-3-19(12-7-13-20-19)18(22)21-14(2)16-11-6-9-15-8-4-5-10-17(15)16;/h4-6,8-11,14,20H,3,7,12-13H2,1-2H3,(H,21,22);1H. The van der Waals surface area contributed by atoms with E-state index in [9.17, 15) is 4.79 Å². The minimum atomic E-state index is -0.376. The summed E-state index contributed by atoms with van der Waals surface area (Å²) in [5.74, 6) is 0.132. The second-order valence-electron chi connectivity index (χ2n) is 6.23. The number of nitrogens with one attached hydrogen (secondary N) is 2. The topological polar surface area (TPSA) is 41.1 Å². The fourth-order valence-corrected chi connectivity index (χ4v) is 3.50. The van der Waals surface area contributed by atoms with Gasteiger partial charge in [0.15, 0.2) is 0 Å². The van der Waals surface area contributed by atoms with Gasteiger partial charge in [-0.2, -0.15) is 0 Å². The smallest absolute Gasteiger partial charge is 0.240 e. The van der Waals surface area contributed by atoms with Crippen molar-refractivity contribution in [2.45, 2.75) is 44.7 Å². The highest BCUT2D eigenvalue weighted by molar-refractivity contribution is 5.89. The summed E-state index contributed by atoms with van der Waals surface area (Å²) < 4.78 is 0. The number of fused-ring (bicyclic) bond motifs is 1. The zero-order valence-corrected chi connectivity index (χ0v) is 14.6. The molecule has 1 heterocycles. The minimum Gasteiger partial charge on any atom is -0.348 e. The molecule has 23 heavy (non-hydrogen) atoms. The van der Waals surface area contributed by atoms with Crippen LogP contribution in [0, 0.1) is 0 Å². The number of carbonyl (C=O) groups excluding carboxylic acids is 1. The molecule has 0 spiro atoms. The van der Waals surface area contributed by atoms with Gasteiger partial charge >= 0.3 is 0 Å². The SMILES string of the molecule is CCC1(C(=O)NC(C)c2cccc3ccccc23)CCCN1.Cl. The zero-order valence-electron chi connectivity index (χ0n) is 13.8. The van der Waals surface area contributed by atoms with Gasteiger partial charge in [0, 0.05) is 0 Å². The molecule has 0 bridgehead atoms. The molecule has 2 aromatic carbocycles. The highest BCUT2D eigenvalue weighted by Gasteiger charge is 2.39. The summed E-state index contributed by atoms with van der Waals surface area (Å²) in [6.07, 6.45) is 2.84. The number of halogens is 1. The molecule has 1 aliphatic heterocycles. The molecule has 1 saturated heterocycles. The first kappa shape index (κ1) is 17.8. The highest BCUT2D eigenvalue weighted by Crippen LogP contribution is 2.27. The predicted octanol–water partition coefficient (Wildman–Crippen LogP) is 3.97. The number of amides is 1. The summed E-state index contributed by atoms with van der Waals surface area (Å²) in [6, 6.07) is 14.6. The second-order valence-corrected chi connectivity index (χ2v) is 6.23. The predicted molar refractivity (Wildman–Crippen MR) is 98.0 cm³/mol. The average Bonchev–Trinajstić information content (AvgIpc) is 3.04. The highest BCUT2D eigenvalue weighted by atomic mass is 35.5. The van der Waals surface area contributed by atoms with Crippen molar-refractivity contribution < 1.29 is 4.79 Å². The fraction of sp³-hybridized carbons (Fsp3) is 0.421. The van der Waals surface area contributed by atoms with Gasteiger partial charge in [-0.3, -0.25) is 4.79 Å². The minimum absolute atomic E-state index is 0. The number of hydrogen-bond donors (Lipinski definition) is 2. The third-order valence-electron chi connectivity index (χ3n) is 4.92. The van der Waals surface area contributed by atoms with E-state index >= 15 is 0 Å². The maximum atomic E-state index is 12.7. The Morgan fingerprint density at radius 1 is 1.26 bits per heavy atom. The van der Waals surface area contributed by atoms with Crippen LogP contribution in [0.15, 0.2) is 42.5 Å². The lowest BCUT2D eigenvalue weighted by atomic mass is 9.92. The molecule has 3 rings (SSSR count). The van der Waals surface area contributed by atoms with Crippen molar-refractivity contribution in [2.75, 3.05) is 6.54 Å². The maximum Gasteiger partial charge on any atom is 0.240 e. The van der Waals surface area contributed by atoms with Gasteiger partial charge in [-0.25, -0.2) is 0 Å². The van der Waals surface area contributed by atoms with E-state index in [0.717, 1.165) is 25.8 Å². The van der Waals surface area contributed by atoms with Gasteiger partial charge in [-0.1, -0.05) is 49.4 Å². The molecule has 1 fully saturated rings. The van der Waals surface area contributed by atoms with Crippen LogP contribution in [0.25, 0.3) is 10.8 Å². The van der Waals surface area contributed by atoms with E-state index < -0.39 is 0 Å². The van der Waals surface area contributed by atoms with Crippen LogP contribution in [0.1, 0.15) is 44.7 Å². The second kappa shape index (κ2) is 7.33. The number of carbonyl (C=O) groups is 1. The van der Waals surface area contributed by atoms with Crippen molar-refractivity contribution in [1.82, 2.24) is 10.6 Å². The fourth-order valence-electron chi connectivity index (χ4n) is 3.50. The van der Waals surface area contributed by atoms with Crippen LogP contribution >= 0.6 is 12.4 Å². The van der Waals surface area contributed by atoms with Crippen molar-refractivity contribution in [3.8, 4) is 0 Å². The lowest BCUT2D eigenvalue weighted by Crippen LogP contribution is -2.53. The van der Waals surface area contributed by atoms with E-state index in [1.54, 1.807) is 0 Å². The Morgan fingerprint density at radius 2 is 2.00 bits per heavy atom. The summed E-state index contributed by atoms with van der Waals surface area (Å²) in [5.41, 5.74) is 0.800. The van der Waals surface area contributed by atoms with Gasteiger partial charge in [0.25, 0.3) is 0 Å². The molecule has 2 unspecified atom stereocenters. The Hall–Kier alpha value is -1.58. The third kappa shape index (κ3) is 3.36. The van der Waals surface area contributed by atoms with Crippen LogP contribution in [0.3, 0.4) is 0 Å². The first-order valence-electron chi connectivity index (χ1n) is 8.20. The number of hydrogen-bond acceptors (Lipinski definition) is 2. The van der Waals surface area contributed by atoms with Gasteiger partial charge in [-0.05, 0) is 49.1 Å². The molecular weight excluding hydrogens is 308 g/mol. The molecule has 1 aliphatic rings. The third-order valence-corrected chi connectivity index (χ3v) is 4.92. The Morgan fingerprint density at radius 3 is 2.70 bits per heavy atom. The van der Waals surface area contributed by atoms with E-state index in [1.165, 1.54) is 16.3 Å². The first-order chi connectivity index (χ1) is 10.7. The van der Waals surface area contributed by atoms with Crippen molar-refractivity contribution in [2.24, 2.45) is 0 Å². The van der Waals surface area contributed by atoms with Crippen LogP contribution in [0.4, 0.5) is 0 Å². The molecule has 0 aromatic heterocycles. The molecule has 2 atom stereocenters. The monoisotopic (exact) mass is 332 g/mol. The molecule has 4 heteroatoms. The Bertz CT molecular complexity index is 675. The van der Waals surface area contributed by atoms with E-state index in [0.29, 0.717) is 0 Å².